The number of hydrogen-bond acceptors (Lipinski definition) is 4. The molecule has 10 heteroatoms. The smallest absolute Gasteiger partial charge is 0.307 e. The van der Waals surface area contributed by atoms with Crippen LogP contribution in [-0.2, 0) is 19.6 Å². The van der Waals surface area contributed by atoms with E-state index >= 15 is 0 Å². The van der Waals surface area contributed by atoms with Gasteiger partial charge in [-0.05, 0) is 110 Å². The molecule has 0 unspecified atom stereocenters. The summed E-state index contributed by atoms with van der Waals surface area (Å²) in [6, 6.07) is 39.8. The van der Waals surface area contributed by atoms with E-state index in [-0.39, 0.29) is 18.1 Å². The van der Waals surface area contributed by atoms with Crippen LogP contribution in [0.4, 0.5) is 48.5 Å². The van der Waals surface area contributed by atoms with E-state index in [9.17, 15) is 14.4 Å². The van der Waals surface area contributed by atoms with Crippen LogP contribution in [0.2, 0.25) is 0 Å². The van der Waals surface area contributed by atoms with Gasteiger partial charge in [0.15, 0.2) is 0 Å². The van der Waals surface area contributed by atoms with Crippen molar-refractivity contribution in [3.8, 4) is 0 Å². The van der Waals surface area contributed by atoms with Gasteiger partial charge in [0.05, 0.1) is 0 Å². The van der Waals surface area contributed by atoms with E-state index in [1.807, 2.05) is 169 Å². The summed E-state index contributed by atoms with van der Waals surface area (Å²) in [5.41, 5.74) is 12.8. The molecule has 0 spiro atoms. The highest BCUT2D eigenvalue weighted by atomic mass is 16.2. The van der Waals surface area contributed by atoms with Crippen LogP contribution in [0.5, 0.6) is 0 Å². The van der Waals surface area contributed by atoms with Gasteiger partial charge in [-0.25, -0.2) is 14.4 Å². The number of urea groups is 3. The van der Waals surface area contributed by atoms with Crippen LogP contribution in [0.15, 0.2) is 127 Å². The molecule has 0 atom stereocenters. The van der Waals surface area contributed by atoms with Gasteiger partial charge in [0.2, 0.25) is 0 Å². The fourth-order valence-electron chi connectivity index (χ4n) is 7.07. The first kappa shape index (κ1) is 40.7. The van der Waals surface area contributed by atoms with Crippen molar-refractivity contribution in [2.24, 2.45) is 0 Å². The molecule has 10 nitrogen and oxygen atoms in total. The van der Waals surface area contributed by atoms with E-state index in [0.29, 0.717) is 36.7 Å². The van der Waals surface area contributed by atoms with E-state index < -0.39 is 0 Å². The second-order valence-corrected chi connectivity index (χ2v) is 14.7. The third-order valence-electron chi connectivity index (χ3n) is 10.1. The Kier molecular flexibility index (Phi) is 13.2. The summed E-state index contributed by atoms with van der Waals surface area (Å²) in [6.07, 6.45) is 0. The van der Waals surface area contributed by atoms with E-state index in [1.165, 1.54) is 0 Å². The number of nitrogens with one attached hydrogen (secondary N) is 6. The van der Waals surface area contributed by atoms with Crippen LogP contribution in [0, 0.1) is 41.5 Å². The molecule has 0 aliphatic rings. The Morgan fingerprint density at radius 2 is 0.586 bits per heavy atom. The maximum atomic E-state index is 13.4. The van der Waals surface area contributed by atoms with Crippen molar-refractivity contribution in [3.63, 3.8) is 0 Å². The minimum atomic E-state index is -0.342. The van der Waals surface area contributed by atoms with Crippen molar-refractivity contribution in [2.75, 3.05) is 31.9 Å². The molecule has 6 aromatic carbocycles. The molecule has 58 heavy (non-hydrogen) atoms. The van der Waals surface area contributed by atoms with Gasteiger partial charge in [-0.15, -0.1) is 0 Å². The maximum absolute atomic E-state index is 13.4. The summed E-state index contributed by atoms with van der Waals surface area (Å²) < 4.78 is 0. The van der Waals surface area contributed by atoms with Crippen LogP contribution in [-0.4, -0.2) is 23.0 Å². The second-order valence-electron chi connectivity index (χ2n) is 14.7. The number of carbonyl (C=O) groups is 3. The monoisotopic (exact) mass is 773 g/mol. The van der Waals surface area contributed by atoms with Crippen LogP contribution >= 0.6 is 0 Å². The lowest BCUT2D eigenvalue weighted by atomic mass is 10.1. The van der Waals surface area contributed by atoms with Gasteiger partial charge in [0, 0.05) is 53.8 Å². The molecular formula is C48H51N7O3. The van der Waals surface area contributed by atoms with Gasteiger partial charge in [-0.2, -0.15) is 0 Å². The zero-order valence-corrected chi connectivity index (χ0v) is 33.9. The summed E-state index contributed by atoms with van der Waals surface area (Å²) >= 11 is 0. The lowest BCUT2D eigenvalue weighted by molar-refractivity contribution is 0.248. The predicted molar refractivity (Wildman–Crippen MR) is 238 cm³/mol. The maximum Gasteiger partial charge on any atom is 0.323 e. The number of hydrogen-bond donors (Lipinski definition) is 6. The van der Waals surface area contributed by atoms with Gasteiger partial charge >= 0.3 is 18.1 Å². The first-order valence-electron chi connectivity index (χ1n) is 19.3. The van der Waals surface area contributed by atoms with Crippen molar-refractivity contribution in [1.82, 2.24) is 4.90 Å². The van der Waals surface area contributed by atoms with Gasteiger partial charge in [-0.3, -0.25) is 4.90 Å². The molecule has 6 aromatic rings. The standard InChI is InChI=1S/C48H51N7O3/c1-31-16-13-17-32(2)43(31)52-46(56)49-40-25-10-7-22-37(40)28-55(29-38-23-8-11-26-41(38)50-47(57)53-44-33(3)18-14-19-34(44)4)30-39-24-9-12-27-42(39)51-48(58)54-45-35(5)20-15-21-36(45)6/h7-27H,28-30H2,1-6H3,(H2,49,52,56)(H2,50,53,57)(H2,51,54,58). The molecule has 0 radical (unpaired) electrons. The molecular weight excluding hydrogens is 723 g/mol. The molecule has 0 saturated heterocycles. The molecule has 0 aliphatic carbocycles. The molecule has 0 heterocycles. The average Bonchev–Trinajstić information content (AvgIpc) is 3.18. The van der Waals surface area contributed by atoms with Crippen molar-refractivity contribution in [1.29, 1.82) is 0 Å². The normalized spacial score (nSPS) is 10.8. The fourth-order valence-corrected chi connectivity index (χ4v) is 7.07. The molecule has 0 saturated carbocycles. The molecule has 296 valence electrons. The Hall–Kier alpha value is -6.91. The van der Waals surface area contributed by atoms with Crippen LogP contribution in [0.3, 0.4) is 0 Å². The topological polar surface area (TPSA) is 127 Å². The molecule has 0 aliphatic heterocycles. The first-order valence-corrected chi connectivity index (χ1v) is 19.3. The Labute approximate surface area is 341 Å². The second kappa shape index (κ2) is 18.8. The number of amides is 6. The van der Waals surface area contributed by atoms with E-state index in [1.54, 1.807) is 0 Å². The zero-order chi connectivity index (χ0) is 41.2. The first-order chi connectivity index (χ1) is 27.9. The van der Waals surface area contributed by atoms with Crippen molar-refractivity contribution >= 4 is 52.2 Å². The Balaban J connectivity index is 1.28. The average molecular weight is 774 g/mol. The Bertz CT molecular complexity index is 2110. The van der Waals surface area contributed by atoms with E-state index in [4.69, 9.17) is 0 Å². The number of rotatable bonds is 12. The van der Waals surface area contributed by atoms with Gasteiger partial charge in [0.25, 0.3) is 0 Å². The van der Waals surface area contributed by atoms with Crippen molar-refractivity contribution in [2.45, 2.75) is 61.2 Å². The van der Waals surface area contributed by atoms with Crippen LogP contribution < -0.4 is 31.9 Å². The van der Waals surface area contributed by atoms with Gasteiger partial charge < -0.3 is 31.9 Å². The summed E-state index contributed by atoms with van der Waals surface area (Å²) in [4.78, 5) is 42.5. The quantitative estimate of drug-likeness (QED) is 0.0740. The summed E-state index contributed by atoms with van der Waals surface area (Å²) in [7, 11) is 0. The lowest BCUT2D eigenvalue weighted by Crippen LogP contribution is -2.27. The van der Waals surface area contributed by atoms with Gasteiger partial charge in [0.1, 0.15) is 0 Å². The number of aryl methyl sites for hydroxylation is 6. The number of anilines is 6. The molecule has 6 N–H and O–H groups in total. The highest BCUT2D eigenvalue weighted by Crippen LogP contribution is 2.28. The lowest BCUT2D eigenvalue weighted by Gasteiger charge is -2.26. The molecule has 0 fully saturated rings. The number of benzene rings is 6. The highest BCUT2D eigenvalue weighted by Gasteiger charge is 2.19. The summed E-state index contributed by atoms with van der Waals surface area (Å²) in [6.45, 7) is 13.1. The van der Waals surface area contributed by atoms with E-state index in [2.05, 4.69) is 36.8 Å². The molecule has 0 bridgehead atoms. The predicted octanol–water partition coefficient (Wildman–Crippen LogP) is 11.7. The molecule has 6 rings (SSSR count). The van der Waals surface area contributed by atoms with Crippen LogP contribution in [0.25, 0.3) is 0 Å². The van der Waals surface area contributed by atoms with Crippen LogP contribution in [0.1, 0.15) is 50.1 Å². The Morgan fingerprint density at radius 1 is 0.345 bits per heavy atom. The summed E-state index contributed by atoms with van der Waals surface area (Å²) in [5.74, 6) is 0. The van der Waals surface area contributed by atoms with Gasteiger partial charge in [-0.1, -0.05) is 109 Å². The molecule has 6 amide bonds. The fraction of sp³-hybridized carbons (Fsp3) is 0.188. The van der Waals surface area contributed by atoms with E-state index in [0.717, 1.165) is 67.1 Å². The molecule has 0 aromatic heterocycles. The third kappa shape index (κ3) is 10.5. The Morgan fingerprint density at radius 3 is 0.845 bits per heavy atom. The number of para-hydroxylation sites is 6. The summed E-state index contributed by atoms with van der Waals surface area (Å²) in [5, 5.41) is 18.3. The number of carbonyl (C=O) groups excluding carboxylic acids is 3. The minimum Gasteiger partial charge on any atom is -0.307 e. The zero-order valence-electron chi connectivity index (χ0n) is 33.9. The van der Waals surface area contributed by atoms with Crippen molar-refractivity contribution < 1.29 is 14.4 Å². The largest absolute Gasteiger partial charge is 0.323 e. The SMILES string of the molecule is Cc1cccc(C)c1NC(=O)Nc1ccccc1CN(Cc1ccccc1NC(=O)Nc1c(C)cccc1C)Cc1ccccc1NC(=O)Nc1c(C)cccc1C. The highest BCUT2D eigenvalue weighted by molar-refractivity contribution is 6.02. The number of nitrogens with zero attached hydrogens (tertiary/aromatic N) is 1. The van der Waals surface area contributed by atoms with Crippen molar-refractivity contribution in [3.05, 3.63) is 177 Å². The third-order valence-corrected chi connectivity index (χ3v) is 10.1. The minimum absolute atomic E-state index is 0.342.